The summed E-state index contributed by atoms with van der Waals surface area (Å²) in [6, 6.07) is 8.90. The SMILES string of the molecule is CCNC(=O)O[C@H]1[C@H](C)O[C@@H](O[C@H]2[C@H](N(C)C)[C@@H](O)[C@H](O[C@H]3[C@@H](CC=O)C[C@@H](C)[C@@H](O)CN(C)CCC[C@H](C/C=C/c4ccnc5ccccc45)OC(=O)C[C@@H](OC(=O)CC)[C@@H]3OC)O[C@@H]2C)C[C@@]1(C)OC(=O)CC. The van der Waals surface area contributed by atoms with Gasteiger partial charge in [-0.3, -0.25) is 19.4 Å². The van der Waals surface area contributed by atoms with E-state index in [0.717, 1.165) is 22.8 Å². The lowest BCUT2D eigenvalue weighted by molar-refractivity contribution is -0.344. The molecular formula is C55H84N4O16. The van der Waals surface area contributed by atoms with E-state index in [-0.39, 0.29) is 32.1 Å². The number of carbonyl (C=O) groups excluding carboxylic acids is 5. The van der Waals surface area contributed by atoms with Crippen LogP contribution in [0.4, 0.5) is 4.79 Å². The number of nitrogens with zero attached hydrogens (tertiary/aromatic N) is 3. The molecule has 75 heavy (non-hydrogen) atoms. The molecule has 5 rings (SSSR count). The van der Waals surface area contributed by atoms with Crippen molar-refractivity contribution in [2.75, 3.05) is 47.9 Å². The number of β-amino-alcohol motifs (C(OH)–C–C–N with tert-alkyl or cyclic N) is 1. The second-order valence-corrected chi connectivity index (χ2v) is 20.6. The second-order valence-electron chi connectivity index (χ2n) is 20.6. The van der Waals surface area contributed by atoms with Gasteiger partial charge in [0.25, 0.3) is 0 Å². The number of aliphatic hydroxyl groups excluding tert-OH is 2. The van der Waals surface area contributed by atoms with Crippen LogP contribution in [-0.4, -0.2) is 188 Å². The van der Waals surface area contributed by atoms with Gasteiger partial charge in [-0.2, -0.15) is 0 Å². The molecule has 0 spiro atoms. The van der Waals surface area contributed by atoms with Crippen molar-refractivity contribution in [3.05, 3.63) is 48.2 Å². The molecule has 0 saturated carbocycles. The molecule has 16 atom stereocenters. The van der Waals surface area contributed by atoms with Crippen LogP contribution in [0.25, 0.3) is 17.0 Å². The summed E-state index contributed by atoms with van der Waals surface area (Å²) in [7, 11) is 6.80. The first-order chi connectivity index (χ1) is 35.7. The van der Waals surface area contributed by atoms with Gasteiger partial charge in [-0.05, 0) is 104 Å². The number of fused-ring (bicyclic) bond motifs is 1. The van der Waals surface area contributed by atoms with Crippen LogP contribution in [-0.2, 0) is 61.8 Å². The number of hydrogen-bond donors (Lipinski definition) is 3. The number of rotatable bonds is 17. The number of hydrogen-bond acceptors (Lipinski definition) is 19. The Morgan fingerprint density at radius 3 is 2.37 bits per heavy atom. The minimum absolute atomic E-state index is 0.0292. The lowest BCUT2D eigenvalue weighted by atomic mass is 9.82. The first kappa shape index (κ1) is 61.2. The third-order valence-electron chi connectivity index (χ3n) is 14.5. The van der Waals surface area contributed by atoms with Crippen molar-refractivity contribution >= 4 is 47.3 Å². The standard InChI is InChI=1S/C55H84N4O16/c1-12-43(62)71-42-30-45(64)70-38(20-17-19-36-24-26-57-40-23-16-15-22-39(36)40)21-18-27-59(10)32-41(61)33(4)29-37(25-28-60)50(51(42)67-11)73-53-48(65)47(58(8)9)49(34(5)69-53)72-46-31-55(7,75-44(63)13-2)52(35(6)68-46)74-54(66)56-14-3/h15-17,19,22-24,26,28,33-35,37-38,41-42,46-53,61,65H,12-14,18,20-21,25,27,29-32H2,1-11H3,(H,56,66)/b19-17+/t33-,34-,35+,37+,38+,41+,42-,46+,47-,48-,49-,50+,51+,52+,53+,55-/m1/s1. The van der Waals surface area contributed by atoms with E-state index in [1.807, 2.05) is 61.4 Å². The molecule has 3 saturated heterocycles. The Labute approximate surface area is 442 Å². The zero-order valence-corrected chi connectivity index (χ0v) is 45.8. The number of esters is 3. The third-order valence-corrected chi connectivity index (χ3v) is 14.5. The molecule has 0 aliphatic carbocycles. The summed E-state index contributed by atoms with van der Waals surface area (Å²) in [5, 5.41) is 27.7. The number of benzene rings is 1. The fourth-order valence-electron chi connectivity index (χ4n) is 10.5. The Bertz CT molecular complexity index is 2180. The summed E-state index contributed by atoms with van der Waals surface area (Å²) in [5.74, 6) is -2.91. The largest absolute Gasteiger partial charge is 0.462 e. The molecule has 1 amide bonds. The normalized spacial score (nSPS) is 33.9. The van der Waals surface area contributed by atoms with Gasteiger partial charge in [0.05, 0.1) is 42.4 Å². The molecule has 2 aromatic rings. The average molecular weight is 1060 g/mol. The number of carbonyl (C=O) groups is 5. The Kier molecular flexibility index (Phi) is 23.8. The number of aldehydes is 1. The number of aromatic nitrogens is 1. The van der Waals surface area contributed by atoms with Gasteiger partial charge < -0.3 is 72.8 Å². The van der Waals surface area contributed by atoms with E-state index in [1.54, 1.807) is 66.7 Å². The summed E-state index contributed by atoms with van der Waals surface area (Å²) < 4.78 is 56.5. The van der Waals surface area contributed by atoms with E-state index < -0.39 is 128 Å². The predicted molar refractivity (Wildman–Crippen MR) is 277 cm³/mol. The zero-order chi connectivity index (χ0) is 55.0. The van der Waals surface area contributed by atoms with Gasteiger partial charge in [0, 0.05) is 63.9 Å². The number of amides is 1. The maximum absolute atomic E-state index is 14.2. The van der Waals surface area contributed by atoms with Crippen LogP contribution in [0.1, 0.15) is 112 Å². The van der Waals surface area contributed by atoms with Crippen LogP contribution in [0.15, 0.2) is 42.6 Å². The number of ether oxygens (including phenoxy) is 9. The molecule has 0 radical (unpaired) electrons. The van der Waals surface area contributed by atoms with Gasteiger partial charge >= 0.3 is 24.0 Å². The summed E-state index contributed by atoms with van der Waals surface area (Å²) in [6.07, 6.45) is -5.60. The van der Waals surface area contributed by atoms with Crippen molar-refractivity contribution in [2.45, 2.75) is 192 Å². The summed E-state index contributed by atoms with van der Waals surface area (Å²) in [5.41, 5.74) is 0.440. The van der Waals surface area contributed by atoms with E-state index >= 15 is 0 Å². The van der Waals surface area contributed by atoms with Crippen molar-refractivity contribution < 1.29 is 76.8 Å². The lowest BCUT2D eigenvalue weighted by Crippen LogP contribution is -2.66. The maximum atomic E-state index is 14.2. The topological polar surface area (TPSA) is 240 Å². The number of nitrogens with one attached hydrogen (secondary N) is 1. The summed E-state index contributed by atoms with van der Waals surface area (Å²) >= 11 is 0. The number of likely N-dealkylation sites (N-methyl/N-ethyl adjacent to an activating group) is 2. The number of para-hydroxylation sites is 1. The monoisotopic (exact) mass is 1060 g/mol. The first-order valence-corrected chi connectivity index (χ1v) is 26.6. The predicted octanol–water partition coefficient (Wildman–Crippen LogP) is 5.36. The van der Waals surface area contributed by atoms with Crippen molar-refractivity contribution in [1.82, 2.24) is 20.1 Å². The van der Waals surface area contributed by atoms with E-state index in [2.05, 4.69) is 10.3 Å². The molecule has 420 valence electrons. The van der Waals surface area contributed by atoms with Gasteiger partial charge in [-0.15, -0.1) is 0 Å². The number of alkyl carbamates (subject to hydrolysis) is 1. The molecule has 1 aromatic heterocycles. The minimum atomic E-state index is -1.45. The number of methoxy groups -OCH3 is 1. The number of cyclic esters (lactones) is 1. The highest BCUT2D eigenvalue weighted by molar-refractivity contribution is 5.87. The Morgan fingerprint density at radius 2 is 1.69 bits per heavy atom. The molecule has 3 aliphatic heterocycles. The van der Waals surface area contributed by atoms with Gasteiger partial charge in [0.15, 0.2) is 24.3 Å². The average Bonchev–Trinajstić information content (AvgIpc) is 3.35. The van der Waals surface area contributed by atoms with E-state index in [4.69, 9.17) is 42.6 Å². The van der Waals surface area contributed by atoms with Gasteiger partial charge in [-0.25, -0.2) is 4.79 Å². The Morgan fingerprint density at radius 1 is 0.960 bits per heavy atom. The second kappa shape index (κ2) is 29.2. The van der Waals surface area contributed by atoms with E-state index in [9.17, 15) is 34.2 Å². The van der Waals surface area contributed by atoms with Crippen LogP contribution in [0.5, 0.6) is 0 Å². The van der Waals surface area contributed by atoms with Crippen molar-refractivity contribution in [3.63, 3.8) is 0 Å². The first-order valence-electron chi connectivity index (χ1n) is 26.6. The molecule has 3 fully saturated rings. The van der Waals surface area contributed by atoms with Crippen LogP contribution in [0.3, 0.4) is 0 Å². The number of pyridine rings is 1. The highest BCUT2D eigenvalue weighted by Crippen LogP contribution is 2.39. The molecule has 1 aromatic carbocycles. The maximum Gasteiger partial charge on any atom is 0.407 e. The molecule has 20 heteroatoms. The molecule has 3 aliphatic rings. The van der Waals surface area contributed by atoms with Gasteiger partial charge in [0.2, 0.25) is 0 Å². The molecular weight excluding hydrogens is 973 g/mol. The van der Waals surface area contributed by atoms with Crippen molar-refractivity contribution in [2.24, 2.45) is 11.8 Å². The molecule has 0 bridgehead atoms. The molecule has 3 N–H and O–H groups in total. The molecule has 20 nitrogen and oxygen atoms in total. The Balaban J connectivity index is 1.46. The summed E-state index contributed by atoms with van der Waals surface area (Å²) in [6.45, 7) is 13.2. The minimum Gasteiger partial charge on any atom is -0.462 e. The van der Waals surface area contributed by atoms with Crippen LogP contribution in [0.2, 0.25) is 0 Å². The van der Waals surface area contributed by atoms with Gasteiger partial charge in [0.1, 0.15) is 36.8 Å². The highest BCUT2D eigenvalue weighted by atomic mass is 16.7. The highest BCUT2D eigenvalue weighted by Gasteiger charge is 2.55. The fraction of sp³-hybridized carbons (Fsp3) is 0.709. The van der Waals surface area contributed by atoms with E-state index in [0.29, 0.717) is 38.9 Å². The van der Waals surface area contributed by atoms with E-state index in [1.165, 1.54) is 7.11 Å². The molecule has 4 heterocycles. The zero-order valence-electron chi connectivity index (χ0n) is 45.8. The smallest absolute Gasteiger partial charge is 0.407 e. The van der Waals surface area contributed by atoms with Gasteiger partial charge in [-0.1, -0.05) is 51.1 Å². The van der Waals surface area contributed by atoms with Crippen LogP contribution >= 0.6 is 0 Å². The molecule has 0 unspecified atom stereocenters. The van der Waals surface area contributed by atoms with Crippen LogP contribution in [0, 0.1) is 11.8 Å². The lowest BCUT2D eigenvalue weighted by Gasteiger charge is -2.50. The number of aliphatic hydroxyl groups is 2. The Hall–Kier alpha value is -4.64. The third kappa shape index (κ3) is 16.9. The van der Waals surface area contributed by atoms with Crippen molar-refractivity contribution in [1.29, 1.82) is 0 Å². The quantitative estimate of drug-likeness (QED) is 0.103. The van der Waals surface area contributed by atoms with Crippen LogP contribution < -0.4 is 5.32 Å². The van der Waals surface area contributed by atoms with Crippen molar-refractivity contribution in [3.8, 4) is 0 Å². The summed E-state index contributed by atoms with van der Waals surface area (Å²) in [4.78, 5) is 73.9. The fourth-order valence-corrected chi connectivity index (χ4v) is 10.5.